The summed E-state index contributed by atoms with van der Waals surface area (Å²) in [5.41, 5.74) is 25.6. The van der Waals surface area contributed by atoms with Gasteiger partial charge in [-0.2, -0.15) is 0 Å². The standard InChI is InChI=1S/C69H45N/c1-3-20-46(21-4-1)47-38-40-48(41-39-47)60(45-50-22-19-36-65-68(50)59-32-13-17-35-64(59)69(65)62-33-15-11-29-56(62)57-30-12-16-34-63(57)69)55-28-10-9-27-54(55)53-26-8-7-25-52(53)49-42-43-67-61(44-49)58-31-14-18-37-66(58)70(67)51-23-5-2-6-24-51/h1-45H. The summed E-state index contributed by atoms with van der Waals surface area (Å²) in [5, 5.41) is 2.48. The van der Waals surface area contributed by atoms with Crippen LogP contribution in [0.5, 0.6) is 0 Å². The molecule has 0 atom stereocenters. The first-order valence-electron chi connectivity index (χ1n) is 24.3. The second-order valence-corrected chi connectivity index (χ2v) is 18.7. The molecule has 70 heavy (non-hydrogen) atoms. The van der Waals surface area contributed by atoms with Gasteiger partial charge in [0.15, 0.2) is 0 Å². The fourth-order valence-corrected chi connectivity index (χ4v) is 12.2. The molecule has 0 bridgehead atoms. The van der Waals surface area contributed by atoms with Gasteiger partial charge in [0, 0.05) is 16.5 Å². The highest BCUT2D eigenvalue weighted by Crippen LogP contribution is 2.63. The van der Waals surface area contributed by atoms with Crippen molar-refractivity contribution in [2.24, 2.45) is 0 Å². The smallest absolute Gasteiger partial charge is 0.0725 e. The molecule has 1 aromatic heterocycles. The van der Waals surface area contributed by atoms with Crippen LogP contribution in [0.1, 0.15) is 38.9 Å². The summed E-state index contributed by atoms with van der Waals surface area (Å²) in [6.45, 7) is 0. The molecule has 0 saturated carbocycles. The van der Waals surface area contributed by atoms with Gasteiger partial charge in [0.05, 0.1) is 16.4 Å². The number of aromatic nitrogens is 1. The Labute approximate surface area is 408 Å². The molecular formula is C69H45N. The minimum Gasteiger partial charge on any atom is -0.309 e. The van der Waals surface area contributed by atoms with Crippen LogP contribution in [0, 0.1) is 0 Å². The van der Waals surface area contributed by atoms with Crippen LogP contribution >= 0.6 is 0 Å². The monoisotopic (exact) mass is 887 g/mol. The SMILES string of the molecule is C(=C(c1ccc(-c2ccccc2)cc1)c1ccccc1-c1ccccc1-c1ccc2c(c1)c1ccccc1n2-c1ccccc1)c1cccc2c1-c1ccccc1C21c2ccccc2-c2ccccc21. The molecule has 0 fully saturated rings. The van der Waals surface area contributed by atoms with Crippen molar-refractivity contribution in [2.45, 2.75) is 5.41 Å². The molecule has 1 nitrogen and oxygen atoms in total. The number of nitrogens with zero attached hydrogens (tertiary/aromatic N) is 1. The summed E-state index contributed by atoms with van der Waals surface area (Å²) in [5.74, 6) is 0. The van der Waals surface area contributed by atoms with Gasteiger partial charge in [-0.25, -0.2) is 0 Å². The summed E-state index contributed by atoms with van der Waals surface area (Å²) in [6, 6.07) is 98.6. The summed E-state index contributed by atoms with van der Waals surface area (Å²) >= 11 is 0. The number of rotatable bonds is 7. The van der Waals surface area contributed by atoms with Gasteiger partial charge in [-0.1, -0.05) is 237 Å². The van der Waals surface area contributed by atoms with Crippen molar-refractivity contribution in [3.8, 4) is 61.3 Å². The summed E-state index contributed by atoms with van der Waals surface area (Å²) in [6.07, 6.45) is 2.48. The Kier molecular flexibility index (Phi) is 9.19. The van der Waals surface area contributed by atoms with Crippen molar-refractivity contribution in [3.63, 3.8) is 0 Å². The van der Waals surface area contributed by atoms with Crippen molar-refractivity contribution in [1.29, 1.82) is 0 Å². The van der Waals surface area contributed by atoms with Crippen LogP contribution in [0.2, 0.25) is 0 Å². The molecule has 0 aliphatic heterocycles. The van der Waals surface area contributed by atoms with Gasteiger partial charge in [0.25, 0.3) is 0 Å². The van der Waals surface area contributed by atoms with E-state index in [4.69, 9.17) is 0 Å². The van der Waals surface area contributed by atoms with E-state index in [0.717, 1.165) is 11.3 Å². The first-order chi connectivity index (χ1) is 34.8. The van der Waals surface area contributed by atoms with Crippen LogP contribution in [0.25, 0.3) is 94.8 Å². The van der Waals surface area contributed by atoms with Crippen LogP contribution in [0.4, 0.5) is 0 Å². The van der Waals surface area contributed by atoms with E-state index in [0.29, 0.717) is 0 Å². The molecule has 0 N–H and O–H groups in total. The maximum Gasteiger partial charge on any atom is 0.0725 e. The molecule has 0 unspecified atom stereocenters. The first kappa shape index (κ1) is 40.1. The average molecular weight is 888 g/mol. The van der Waals surface area contributed by atoms with Gasteiger partial charge in [-0.15, -0.1) is 0 Å². The second-order valence-electron chi connectivity index (χ2n) is 18.7. The lowest BCUT2D eigenvalue weighted by Crippen LogP contribution is -2.25. The summed E-state index contributed by atoms with van der Waals surface area (Å²) in [7, 11) is 0. The molecule has 2 aliphatic rings. The Morgan fingerprint density at radius 3 is 1.57 bits per heavy atom. The van der Waals surface area contributed by atoms with Gasteiger partial charge < -0.3 is 4.57 Å². The zero-order valence-corrected chi connectivity index (χ0v) is 38.4. The minimum absolute atomic E-state index is 0.425. The molecule has 12 aromatic rings. The van der Waals surface area contributed by atoms with E-state index in [9.17, 15) is 0 Å². The van der Waals surface area contributed by atoms with E-state index < -0.39 is 5.41 Å². The Hall–Kier alpha value is -9.04. The summed E-state index contributed by atoms with van der Waals surface area (Å²) < 4.78 is 2.39. The summed E-state index contributed by atoms with van der Waals surface area (Å²) in [4.78, 5) is 0. The van der Waals surface area contributed by atoms with Gasteiger partial charge in [-0.05, 0) is 137 Å². The maximum atomic E-state index is 2.48. The third-order valence-corrected chi connectivity index (χ3v) is 15.1. The molecule has 11 aromatic carbocycles. The predicted molar refractivity (Wildman–Crippen MR) is 293 cm³/mol. The van der Waals surface area contributed by atoms with E-state index >= 15 is 0 Å². The molecule has 0 radical (unpaired) electrons. The van der Waals surface area contributed by atoms with Crippen molar-refractivity contribution in [3.05, 3.63) is 306 Å². The molecule has 326 valence electrons. The van der Waals surface area contributed by atoms with E-state index in [1.54, 1.807) is 0 Å². The van der Waals surface area contributed by atoms with E-state index in [2.05, 4.69) is 278 Å². The topological polar surface area (TPSA) is 4.93 Å². The van der Waals surface area contributed by atoms with E-state index in [1.165, 1.54) is 116 Å². The third-order valence-electron chi connectivity index (χ3n) is 15.1. The lowest BCUT2D eigenvalue weighted by atomic mass is 9.70. The minimum atomic E-state index is -0.425. The lowest BCUT2D eigenvalue weighted by Gasteiger charge is -2.30. The third kappa shape index (κ3) is 5.98. The lowest BCUT2D eigenvalue weighted by molar-refractivity contribution is 0.793. The van der Waals surface area contributed by atoms with E-state index in [1.807, 2.05) is 0 Å². The van der Waals surface area contributed by atoms with Gasteiger partial charge in [0.1, 0.15) is 0 Å². The first-order valence-corrected chi connectivity index (χ1v) is 24.3. The average Bonchev–Trinajstić information content (AvgIpc) is 4.06. The quantitative estimate of drug-likeness (QED) is 0.141. The largest absolute Gasteiger partial charge is 0.309 e. The molecule has 0 amide bonds. The van der Waals surface area contributed by atoms with Crippen molar-refractivity contribution < 1.29 is 0 Å². The Morgan fingerprint density at radius 2 is 0.843 bits per heavy atom. The number of fused-ring (bicyclic) bond motifs is 13. The molecule has 1 spiro atoms. The van der Waals surface area contributed by atoms with Gasteiger partial charge in [-0.3, -0.25) is 0 Å². The van der Waals surface area contributed by atoms with E-state index in [-0.39, 0.29) is 0 Å². The molecular weight excluding hydrogens is 843 g/mol. The van der Waals surface area contributed by atoms with Crippen molar-refractivity contribution >= 4 is 33.5 Å². The predicted octanol–water partition coefficient (Wildman–Crippen LogP) is 17.7. The van der Waals surface area contributed by atoms with Crippen molar-refractivity contribution in [1.82, 2.24) is 4.57 Å². The highest BCUT2D eigenvalue weighted by Gasteiger charge is 2.51. The van der Waals surface area contributed by atoms with Crippen LogP contribution in [0.15, 0.2) is 267 Å². The highest BCUT2D eigenvalue weighted by atomic mass is 15.0. The molecule has 14 rings (SSSR count). The second kappa shape index (κ2) is 16.0. The van der Waals surface area contributed by atoms with Gasteiger partial charge >= 0.3 is 0 Å². The van der Waals surface area contributed by atoms with Crippen LogP contribution in [-0.2, 0) is 5.41 Å². The number of hydrogen-bond acceptors (Lipinski definition) is 0. The Bertz CT molecular complexity index is 3990. The number of para-hydroxylation sites is 2. The van der Waals surface area contributed by atoms with Crippen LogP contribution in [-0.4, -0.2) is 4.57 Å². The fourth-order valence-electron chi connectivity index (χ4n) is 12.2. The Morgan fingerprint density at radius 1 is 0.329 bits per heavy atom. The van der Waals surface area contributed by atoms with Crippen molar-refractivity contribution in [2.75, 3.05) is 0 Å². The molecule has 2 aliphatic carbocycles. The van der Waals surface area contributed by atoms with Crippen LogP contribution in [0.3, 0.4) is 0 Å². The zero-order valence-electron chi connectivity index (χ0n) is 38.4. The number of hydrogen-bond donors (Lipinski definition) is 0. The number of benzene rings is 11. The fraction of sp³-hybridized carbons (Fsp3) is 0.0145. The molecule has 1 heterocycles. The molecule has 1 heteroatoms. The van der Waals surface area contributed by atoms with Crippen LogP contribution < -0.4 is 0 Å². The maximum absolute atomic E-state index is 2.48. The Balaban J connectivity index is 0.985. The highest BCUT2D eigenvalue weighted by molar-refractivity contribution is 6.11. The van der Waals surface area contributed by atoms with Gasteiger partial charge in [0.2, 0.25) is 0 Å². The molecule has 0 saturated heterocycles. The zero-order chi connectivity index (χ0) is 46.2. The normalized spacial score (nSPS) is 13.1.